The van der Waals surface area contributed by atoms with Gasteiger partial charge >= 0.3 is 6.18 Å². The van der Waals surface area contributed by atoms with Gasteiger partial charge in [0.25, 0.3) is 5.91 Å². The number of hydrogen-bond acceptors (Lipinski definition) is 7. The second-order valence-corrected chi connectivity index (χ2v) is 10.3. The van der Waals surface area contributed by atoms with E-state index >= 15 is 0 Å². The van der Waals surface area contributed by atoms with Crippen LogP contribution >= 0.6 is 11.6 Å². The summed E-state index contributed by atoms with van der Waals surface area (Å²) in [7, 11) is -2.56. The highest BCUT2D eigenvalue weighted by Crippen LogP contribution is 2.35. The fourth-order valence-electron chi connectivity index (χ4n) is 3.98. The molecule has 2 aromatic rings. The molecule has 10 nitrogen and oxygen atoms in total. The van der Waals surface area contributed by atoms with E-state index in [1.54, 1.807) is 6.92 Å². The molecule has 1 fully saturated rings. The molecule has 0 bridgehead atoms. The van der Waals surface area contributed by atoms with Gasteiger partial charge in [0.15, 0.2) is 0 Å². The molecular formula is C21H22ClF3N6O4S. The quantitative estimate of drug-likeness (QED) is 0.450. The number of amides is 2. The summed E-state index contributed by atoms with van der Waals surface area (Å²) in [6.07, 6.45) is -2.84. The number of carbonyl (C=O) groups excluding carboxylic acids is 2. The van der Waals surface area contributed by atoms with Crippen molar-refractivity contribution in [3.8, 4) is 11.4 Å². The van der Waals surface area contributed by atoms with Crippen LogP contribution in [-0.4, -0.2) is 76.8 Å². The Kier molecular flexibility index (Phi) is 7.72. The summed E-state index contributed by atoms with van der Waals surface area (Å²) in [5, 5.41) is 2.04. The van der Waals surface area contributed by atoms with E-state index in [1.165, 1.54) is 28.4 Å². The minimum atomic E-state index is -4.96. The lowest BCUT2D eigenvalue weighted by atomic mass is 10.0. The van der Waals surface area contributed by atoms with Crippen LogP contribution in [0.15, 0.2) is 30.9 Å². The maximum Gasteiger partial charge on any atom is 0.451 e. The normalized spacial score (nSPS) is 19.1. The van der Waals surface area contributed by atoms with Crippen molar-refractivity contribution in [3.63, 3.8) is 0 Å². The first-order chi connectivity index (χ1) is 16.6. The van der Waals surface area contributed by atoms with Crippen LogP contribution in [0.3, 0.4) is 0 Å². The molecule has 0 spiro atoms. The van der Waals surface area contributed by atoms with Gasteiger partial charge < -0.3 is 10.2 Å². The van der Waals surface area contributed by atoms with E-state index in [-0.39, 0.29) is 35.2 Å². The predicted molar refractivity (Wildman–Crippen MR) is 124 cm³/mol. The Balaban J connectivity index is 2.20. The molecule has 1 saturated heterocycles. The molecule has 1 aliphatic rings. The number of aromatic nitrogens is 3. The second-order valence-electron chi connectivity index (χ2n) is 8.05. The number of nitrogens with zero attached hydrogens (tertiary/aromatic N) is 5. The van der Waals surface area contributed by atoms with Gasteiger partial charge in [-0.25, -0.2) is 23.4 Å². The summed E-state index contributed by atoms with van der Waals surface area (Å²) >= 11 is 6.18. The highest BCUT2D eigenvalue weighted by atomic mass is 35.5. The van der Waals surface area contributed by atoms with Gasteiger partial charge in [-0.1, -0.05) is 18.2 Å². The number of pyridine rings is 1. The first-order valence-electron chi connectivity index (χ1n) is 10.4. The summed E-state index contributed by atoms with van der Waals surface area (Å²) in [6, 6.07) is 2.12. The Hall–Kier alpha value is -3.10. The third-order valence-corrected chi connectivity index (χ3v) is 6.97. The third kappa shape index (κ3) is 5.82. The van der Waals surface area contributed by atoms with E-state index in [0.717, 1.165) is 18.4 Å². The molecule has 2 amide bonds. The number of rotatable bonds is 5. The first kappa shape index (κ1) is 27.5. The van der Waals surface area contributed by atoms with Gasteiger partial charge in [-0.05, 0) is 36.8 Å². The molecule has 1 N–H and O–H groups in total. The smallest absolute Gasteiger partial charge is 0.354 e. The number of nitrogens with one attached hydrogen (secondary N) is 1. The summed E-state index contributed by atoms with van der Waals surface area (Å²) in [6.45, 7) is 5.12. The van der Waals surface area contributed by atoms with Crippen LogP contribution in [0.2, 0.25) is 5.15 Å². The van der Waals surface area contributed by atoms with Crippen molar-refractivity contribution < 1.29 is 31.2 Å². The van der Waals surface area contributed by atoms with Gasteiger partial charge in [0.1, 0.15) is 10.8 Å². The van der Waals surface area contributed by atoms with Crippen molar-refractivity contribution in [2.75, 3.05) is 26.4 Å². The maximum absolute atomic E-state index is 13.4. The average Bonchev–Trinajstić information content (AvgIpc) is 2.80. The Morgan fingerprint density at radius 3 is 2.36 bits per heavy atom. The molecule has 0 unspecified atom stereocenters. The average molecular weight is 547 g/mol. The van der Waals surface area contributed by atoms with Crippen LogP contribution in [0.25, 0.3) is 11.4 Å². The lowest BCUT2D eigenvalue weighted by Crippen LogP contribution is -2.56. The van der Waals surface area contributed by atoms with Crippen LogP contribution < -0.4 is 5.32 Å². The molecule has 3 rings (SSSR count). The molecule has 36 heavy (non-hydrogen) atoms. The van der Waals surface area contributed by atoms with Crippen molar-refractivity contribution in [2.45, 2.75) is 25.2 Å². The SMILES string of the molecule is C=CC(=O)N1C[C@H](c2cc(Cl)nc(-c3cc(C(=O)NC)nc(C(F)(F)F)n3)c2)N(S(C)(=O)=O)[C@@H](C)C1. The summed E-state index contributed by atoms with van der Waals surface area (Å²) < 4.78 is 66.8. The molecule has 1 aliphatic heterocycles. The molecule has 0 radical (unpaired) electrons. The molecule has 15 heteroatoms. The lowest BCUT2D eigenvalue weighted by molar-refractivity contribution is -0.145. The van der Waals surface area contributed by atoms with Gasteiger partial charge in [-0.2, -0.15) is 17.5 Å². The van der Waals surface area contributed by atoms with Gasteiger partial charge in [0, 0.05) is 26.2 Å². The second kappa shape index (κ2) is 10.1. The van der Waals surface area contributed by atoms with Crippen LogP contribution in [0.4, 0.5) is 13.2 Å². The number of halogens is 4. The summed E-state index contributed by atoms with van der Waals surface area (Å²) in [4.78, 5) is 36.6. The molecule has 2 aromatic heterocycles. The third-order valence-electron chi connectivity index (χ3n) is 5.39. The van der Waals surface area contributed by atoms with Crippen LogP contribution in [0, 0.1) is 0 Å². The standard InChI is InChI=1S/C21H22ClF3N6O4S/c1-5-18(32)30-9-11(2)31(36(4,34)35)16(10-30)12-6-13(27-17(22)7-12)14-8-15(19(33)26-3)29-20(28-14)21(23,24)25/h5-8,11,16H,1,9-10H2,2-4H3,(H,26,33)/t11-,16+/m0/s1. The van der Waals surface area contributed by atoms with Gasteiger partial charge in [0.05, 0.1) is 23.7 Å². The Morgan fingerprint density at radius 2 is 1.81 bits per heavy atom. The van der Waals surface area contributed by atoms with E-state index in [0.29, 0.717) is 0 Å². The van der Waals surface area contributed by atoms with Crippen molar-refractivity contribution >= 4 is 33.4 Å². The number of carbonyl (C=O) groups is 2. The molecule has 2 atom stereocenters. The van der Waals surface area contributed by atoms with Gasteiger partial charge in [0.2, 0.25) is 21.8 Å². The number of piperazine rings is 1. The van der Waals surface area contributed by atoms with Crippen molar-refractivity contribution in [3.05, 3.63) is 53.1 Å². The molecule has 0 saturated carbocycles. The minimum Gasteiger partial charge on any atom is -0.354 e. The molecule has 0 aromatic carbocycles. The summed E-state index contributed by atoms with van der Waals surface area (Å²) in [5.74, 6) is -2.86. The van der Waals surface area contributed by atoms with Gasteiger partial charge in [-0.3, -0.25) is 9.59 Å². The fourth-order valence-corrected chi connectivity index (χ4v) is 5.57. The van der Waals surface area contributed by atoms with E-state index < -0.39 is 51.6 Å². The predicted octanol–water partition coefficient (Wildman–Crippen LogP) is 2.29. The van der Waals surface area contributed by atoms with Crippen molar-refractivity contribution in [2.24, 2.45) is 0 Å². The van der Waals surface area contributed by atoms with Crippen LogP contribution in [0.5, 0.6) is 0 Å². The van der Waals surface area contributed by atoms with E-state index in [4.69, 9.17) is 11.6 Å². The largest absolute Gasteiger partial charge is 0.451 e. The van der Waals surface area contributed by atoms with E-state index in [2.05, 4.69) is 26.8 Å². The van der Waals surface area contributed by atoms with Crippen molar-refractivity contribution in [1.29, 1.82) is 0 Å². The Bertz CT molecular complexity index is 1320. The van der Waals surface area contributed by atoms with E-state index in [9.17, 15) is 31.2 Å². The lowest BCUT2D eigenvalue weighted by Gasteiger charge is -2.44. The minimum absolute atomic E-state index is 0.0664. The zero-order chi connectivity index (χ0) is 27.0. The van der Waals surface area contributed by atoms with Crippen LogP contribution in [0.1, 0.15) is 34.8 Å². The number of hydrogen-bond donors (Lipinski definition) is 1. The highest BCUT2D eigenvalue weighted by Gasteiger charge is 2.40. The molecule has 194 valence electrons. The Labute approximate surface area is 210 Å². The summed E-state index contributed by atoms with van der Waals surface area (Å²) in [5.41, 5.74) is -0.792. The molecule has 0 aliphatic carbocycles. The zero-order valence-corrected chi connectivity index (χ0v) is 20.9. The molecule has 3 heterocycles. The fraction of sp³-hybridized carbons (Fsp3) is 0.381. The topological polar surface area (TPSA) is 125 Å². The highest BCUT2D eigenvalue weighted by molar-refractivity contribution is 7.88. The van der Waals surface area contributed by atoms with Gasteiger partial charge in [-0.15, -0.1) is 0 Å². The number of sulfonamides is 1. The Morgan fingerprint density at radius 1 is 1.17 bits per heavy atom. The number of alkyl halides is 3. The van der Waals surface area contributed by atoms with Crippen molar-refractivity contribution in [1.82, 2.24) is 29.5 Å². The van der Waals surface area contributed by atoms with Crippen LogP contribution in [-0.2, 0) is 21.0 Å². The first-order valence-corrected chi connectivity index (χ1v) is 12.6. The van der Waals surface area contributed by atoms with E-state index in [1.807, 2.05) is 0 Å². The zero-order valence-electron chi connectivity index (χ0n) is 19.4. The monoisotopic (exact) mass is 546 g/mol. The molecular weight excluding hydrogens is 525 g/mol. The maximum atomic E-state index is 13.4.